The van der Waals surface area contributed by atoms with Gasteiger partial charge in [-0.25, -0.2) is 9.13 Å². The Kier molecular flexibility index (Phi) is 3.93. The molecular weight excluding hydrogens is 244 g/mol. The molecule has 0 spiro atoms. The van der Waals surface area contributed by atoms with Crippen molar-refractivity contribution < 1.29 is 4.57 Å². The molecule has 2 aromatic rings. The molecule has 0 saturated carbocycles. The van der Waals surface area contributed by atoms with E-state index in [-0.39, 0.29) is 0 Å². The van der Waals surface area contributed by atoms with Gasteiger partial charge in [0, 0.05) is 0 Å². The number of hydrogen-bond donors (Lipinski definition) is 0. The van der Waals surface area contributed by atoms with Gasteiger partial charge in [0.25, 0.3) is 5.82 Å². The molecule has 1 aromatic heterocycles. The van der Waals surface area contributed by atoms with Crippen LogP contribution in [0.25, 0.3) is 23.5 Å². The van der Waals surface area contributed by atoms with E-state index in [0.717, 1.165) is 11.4 Å². The molecule has 1 heterocycles. The summed E-state index contributed by atoms with van der Waals surface area (Å²) >= 11 is 0. The molecule has 0 radical (unpaired) electrons. The Balaban J connectivity index is 2.89. The van der Waals surface area contributed by atoms with Crippen LogP contribution in [0.5, 0.6) is 0 Å². The topological polar surface area (TPSA) is 8.81 Å². The van der Waals surface area contributed by atoms with Crippen molar-refractivity contribution in [2.45, 2.75) is 26.8 Å². The molecule has 2 heteroatoms. The second-order valence-electron chi connectivity index (χ2n) is 5.34. The molecular formula is C18H23N2+. The van der Waals surface area contributed by atoms with Crippen LogP contribution in [0.4, 0.5) is 0 Å². The van der Waals surface area contributed by atoms with Crippen molar-refractivity contribution in [1.29, 1.82) is 0 Å². The highest BCUT2D eigenvalue weighted by molar-refractivity contribution is 5.64. The minimum absolute atomic E-state index is 0.359. The average Bonchev–Trinajstić information content (AvgIpc) is 2.71. The lowest BCUT2D eigenvalue weighted by Crippen LogP contribution is -2.33. The standard InChI is InChI=1S/C18H23N2/c1-7-16-17(8-2)20(13(3)4)18(19(16)6)15-12-10-9-11-14(15)5/h7-13H,1-2H2,3-6H3/q+1. The SMILES string of the molecule is C=Cc1c(C=C)[n+](C)c(-c2ccccc2C)n1C(C)C. The van der Waals surface area contributed by atoms with Gasteiger partial charge >= 0.3 is 0 Å². The summed E-state index contributed by atoms with van der Waals surface area (Å²) in [7, 11) is 2.09. The molecule has 20 heavy (non-hydrogen) atoms. The van der Waals surface area contributed by atoms with E-state index in [0.29, 0.717) is 6.04 Å². The highest BCUT2D eigenvalue weighted by Gasteiger charge is 2.28. The Morgan fingerprint density at radius 2 is 1.80 bits per heavy atom. The van der Waals surface area contributed by atoms with Crippen molar-refractivity contribution in [3.63, 3.8) is 0 Å². The Bertz CT molecular complexity index is 660. The van der Waals surface area contributed by atoms with E-state index in [9.17, 15) is 0 Å². The minimum atomic E-state index is 0.359. The maximum atomic E-state index is 3.97. The third kappa shape index (κ3) is 2.11. The summed E-state index contributed by atoms with van der Waals surface area (Å²) in [4.78, 5) is 0. The van der Waals surface area contributed by atoms with E-state index < -0.39 is 0 Å². The smallest absolute Gasteiger partial charge is 0.226 e. The van der Waals surface area contributed by atoms with E-state index >= 15 is 0 Å². The Morgan fingerprint density at radius 1 is 1.15 bits per heavy atom. The van der Waals surface area contributed by atoms with Crippen molar-refractivity contribution >= 4 is 12.2 Å². The van der Waals surface area contributed by atoms with Gasteiger partial charge in [0.15, 0.2) is 11.4 Å². The summed E-state index contributed by atoms with van der Waals surface area (Å²) < 4.78 is 4.53. The normalized spacial score (nSPS) is 10.8. The molecule has 0 bridgehead atoms. The first-order valence-corrected chi connectivity index (χ1v) is 6.98. The third-order valence-electron chi connectivity index (χ3n) is 3.72. The van der Waals surface area contributed by atoms with Crippen LogP contribution in [0.2, 0.25) is 0 Å². The molecule has 2 nitrogen and oxygen atoms in total. The van der Waals surface area contributed by atoms with Gasteiger partial charge in [-0.05, 0) is 44.6 Å². The minimum Gasteiger partial charge on any atom is -0.226 e. The first-order valence-electron chi connectivity index (χ1n) is 6.98. The summed E-state index contributed by atoms with van der Waals surface area (Å²) in [6, 6.07) is 8.83. The molecule has 1 aromatic carbocycles. The zero-order chi connectivity index (χ0) is 14.9. The summed E-state index contributed by atoms with van der Waals surface area (Å²) in [6.07, 6.45) is 3.82. The van der Waals surface area contributed by atoms with E-state index in [1.165, 1.54) is 17.0 Å². The van der Waals surface area contributed by atoms with Crippen LogP contribution in [-0.4, -0.2) is 4.57 Å². The third-order valence-corrected chi connectivity index (χ3v) is 3.72. The molecule has 0 saturated heterocycles. The van der Waals surface area contributed by atoms with Crippen LogP contribution < -0.4 is 4.57 Å². The van der Waals surface area contributed by atoms with Crippen LogP contribution in [0.1, 0.15) is 36.8 Å². The van der Waals surface area contributed by atoms with Gasteiger partial charge in [-0.3, -0.25) is 0 Å². The lowest BCUT2D eigenvalue weighted by atomic mass is 10.1. The van der Waals surface area contributed by atoms with Gasteiger partial charge in [-0.1, -0.05) is 31.4 Å². The Hall–Kier alpha value is -2.09. The van der Waals surface area contributed by atoms with E-state index in [1.807, 2.05) is 12.2 Å². The largest absolute Gasteiger partial charge is 0.290 e. The molecule has 104 valence electrons. The van der Waals surface area contributed by atoms with Crippen LogP contribution in [0, 0.1) is 6.92 Å². The lowest BCUT2D eigenvalue weighted by molar-refractivity contribution is -0.661. The number of nitrogens with zero attached hydrogens (tertiary/aromatic N) is 2. The van der Waals surface area contributed by atoms with Gasteiger partial charge in [0.2, 0.25) is 0 Å². The first-order chi connectivity index (χ1) is 9.52. The monoisotopic (exact) mass is 267 g/mol. The number of rotatable bonds is 4. The highest BCUT2D eigenvalue weighted by Crippen LogP contribution is 2.28. The van der Waals surface area contributed by atoms with Crippen molar-refractivity contribution in [3.8, 4) is 11.4 Å². The molecule has 0 fully saturated rings. The second kappa shape index (κ2) is 5.49. The highest BCUT2D eigenvalue weighted by atomic mass is 15.2. The predicted molar refractivity (Wildman–Crippen MR) is 86.3 cm³/mol. The van der Waals surface area contributed by atoms with Gasteiger partial charge in [0.1, 0.15) is 0 Å². The molecule has 0 N–H and O–H groups in total. The lowest BCUT2D eigenvalue weighted by Gasteiger charge is -2.09. The quantitative estimate of drug-likeness (QED) is 0.736. The number of aromatic nitrogens is 2. The number of benzene rings is 1. The van der Waals surface area contributed by atoms with Gasteiger partial charge < -0.3 is 0 Å². The molecule has 0 unspecified atom stereocenters. The number of hydrogen-bond acceptors (Lipinski definition) is 0. The number of imidazole rings is 1. The van der Waals surface area contributed by atoms with Crippen LogP contribution in [0.3, 0.4) is 0 Å². The molecule has 0 aliphatic heterocycles. The molecule has 0 amide bonds. The Morgan fingerprint density at radius 3 is 2.30 bits per heavy atom. The zero-order valence-electron chi connectivity index (χ0n) is 12.9. The fourth-order valence-electron chi connectivity index (χ4n) is 2.79. The zero-order valence-corrected chi connectivity index (χ0v) is 12.9. The number of aryl methyl sites for hydroxylation is 1. The second-order valence-corrected chi connectivity index (χ2v) is 5.34. The van der Waals surface area contributed by atoms with Gasteiger partial charge in [0.05, 0.1) is 18.7 Å². The average molecular weight is 267 g/mol. The maximum Gasteiger partial charge on any atom is 0.290 e. The van der Waals surface area contributed by atoms with Crippen molar-refractivity contribution in [2.24, 2.45) is 7.05 Å². The van der Waals surface area contributed by atoms with Gasteiger partial charge in [-0.15, -0.1) is 0 Å². The molecule has 0 aliphatic rings. The van der Waals surface area contributed by atoms with Crippen LogP contribution >= 0.6 is 0 Å². The van der Waals surface area contributed by atoms with Crippen molar-refractivity contribution in [3.05, 3.63) is 54.4 Å². The Labute approximate surface area is 121 Å². The van der Waals surface area contributed by atoms with E-state index in [4.69, 9.17) is 0 Å². The molecule has 0 atom stereocenters. The van der Waals surface area contributed by atoms with Crippen LogP contribution in [-0.2, 0) is 7.05 Å². The fraction of sp³-hybridized carbons (Fsp3) is 0.278. The summed E-state index contributed by atoms with van der Waals surface area (Å²) in [5.41, 5.74) is 4.75. The van der Waals surface area contributed by atoms with Crippen molar-refractivity contribution in [2.75, 3.05) is 0 Å². The molecule has 0 aliphatic carbocycles. The van der Waals surface area contributed by atoms with Gasteiger partial charge in [-0.2, -0.15) is 0 Å². The maximum absolute atomic E-state index is 3.97. The van der Waals surface area contributed by atoms with Crippen molar-refractivity contribution in [1.82, 2.24) is 4.57 Å². The van der Waals surface area contributed by atoms with Crippen LogP contribution in [0.15, 0.2) is 37.4 Å². The summed E-state index contributed by atoms with van der Waals surface area (Å²) in [6.45, 7) is 14.5. The fourth-order valence-corrected chi connectivity index (χ4v) is 2.79. The van der Waals surface area contributed by atoms with E-state index in [1.54, 1.807) is 0 Å². The summed E-state index contributed by atoms with van der Waals surface area (Å²) in [5.74, 6) is 1.20. The predicted octanol–water partition coefficient (Wildman–Crippen LogP) is 4.15. The molecule has 2 rings (SSSR count). The first kappa shape index (κ1) is 14.3. The summed E-state index contributed by atoms with van der Waals surface area (Å²) in [5, 5.41) is 0. The van der Waals surface area contributed by atoms with E-state index in [2.05, 4.69) is 74.4 Å².